The first-order chi connectivity index (χ1) is 14.0. The van der Waals surface area contributed by atoms with E-state index in [4.69, 9.17) is 9.84 Å². The number of imidazole rings is 1. The molecule has 0 aliphatic carbocycles. The maximum absolute atomic E-state index is 11.1. The fraction of sp³-hybridized carbons (Fsp3) is 0.0909. The molecule has 0 radical (unpaired) electrons. The van der Waals surface area contributed by atoms with Crippen LogP contribution in [0.3, 0.4) is 0 Å². The van der Waals surface area contributed by atoms with E-state index in [0.29, 0.717) is 17.1 Å². The Hall–Kier alpha value is -4.00. The van der Waals surface area contributed by atoms with Crippen molar-refractivity contribution >= 4 is 17.0 Å². The fourth-order valence-corrected chi connectivity index (χ4v) is 3.16. The summed E-state index contributed by atoms with van der Waals surface area (Å²) in [6, 6.07) is 18.3. The van der Waals surface area contributed by atoms with Crippen LogP contribution in [0.4, 0.5) is 0 Å². The van der Waals surface area contributed by atoms with E-state index in [2.05, 4.69) is 4.98 Å². The van der Waals surface area contributed by atoms with Gasteiger partial charge < -0.3 is 24.6 Å². The zero-order valence-corrected chi connectivity index (χ0v) is 15.3. The zero-order chi connectivity index (χ0) is 20.4. The Morgan fingerprint density at radius 1 is 0.966 bits per heavy atom. The van der Waals surface area contributed by atoms with Gasteiger partial charge in [0.25, 0.3) is 0 Å². The molecule has 0 aliphatic rings. The molecule has 0 fully saturated rings. The molecular weight excluding hydrogens is 372 g/mol. The minimum atomic E-state index is -1.03. The minimum absolute atomic E-state index is 0.0104. The van der Waals surface area contributed by atoms with Crippen LogP contribution in [0, 0.1) is 0 Å². The molecule has 3 N–H and O–H groups in total. The van der Waals surface area contributed by atoms with Crippen LogP contribution < -0.4 is 4.74 Å². The van der Waals surface area contributed by atoms with Crippen molar-refractivity contribution in [3.8, 4) is 17.2 Å². The van der Waals surface area contributed by atoms with E-state index in [1.54, 1.807) is 18.2 Å². The molecule has 1 aromatic heterocycles. The lowest BCUT2D eigenvalue weighted by atomic mass is 10.1. The number of para-hydroxylation sites is 2. The van der Waals surface area contributed by atoms with Gasteiger partial charge in [-0.1, -0.05) is 24.3 Å². The summed E-state index contributed by atoms with van der Waals surface area (Å²) in [6.45, 7) is 0.291. The van der Waals surface area contributed by atoms with Crippen molar-refractivity contribution in [2.24, 2.45) is 0 Å². The second kappa shape index (κ2) is 7.55. The first-order valence-electron chi connectivity index (χ1n) is 8.93. The van der Waals surface area contributed by atoms with Gasteiger partial charge in [0.2, 0.25) is 0 Å². The van der Waals surface area contributed by atoms with E-state index in [9.17, 15) is 15.0 Å². The number of nitrogens with zero attached hydrogens (tertiary/aromatic N) is 2. The maximum Gasteiger partial charge on any atom is 0.335 e. The van der Waals surface area contributed by atoms with Gasteiger partial charge in [-0.2, -0.15) is 0 Å². The monoisotopic (exact) mass is 390 g/mol. The number of carbonyl (C=O) groups is 1. The summed E-state index contributed by atoms with van der Waals surface area (Å²) >= 11 is 0. The van der Waals surface area contributed by atoms with Gasteiger partial charge in [-0.15, -0.1) is 0 Å². The molecule has 7 heteroatoms. The maximum atomic E-state index is 11.1. The van der Waals surface area contributed by atoms with Gasteiger partial charge in [-0.3, -0.25) is 0 Å². The van der Waals surface area contributed by atoms with Crippen molar-refractivity contribution in [1.82, 2.24) is 9.55 Å². The Bertz CT molecular complexity index is 1180. The van der Waals surface area contributed by atoms with Crippen LogP contribution in [0.1, 0.15) is 21.7 Å². The van der Waals surface area contributed by atoms with Crippen molar-refractivity contribution in [3.05, 3.63) is 83.7 Å². The average molecular weight is 390 g/mol. The largest absolute Gasteiger partial charge is 0.507 e. The Kier molecular flexibility index (Phi) is 4.78. The highest BCUT2D eigenvalue weighted by atomic mass is 16.5. The number of hydrogen-bond acceptors (Lipinski definition) is 5. The van der Waals surface area contributed by atoms with E-state index < -0.39 is 5.97 Å². The van der Waals surface area contributed by atoms with Crippen LogP contribution in [-0.2, 0) is 13.2 Å². The Morgan fingerprint density at radius 2 is 1.69 bits per heavy atom. The molecular formula is C22H18N2O5. The number of hydrogen-bond donors (Lipinski definition) is 3. The molecule has 3 aromatic carbocycles. The molecule has 4 rings (SSSR count). The molecule has 0 bridgehead atoms. The number of fused-ring (bicyclic) bond motifs is 1. The number of benzene rings is 3. The lowest BCUT2D eigenvalue weighted by molar-refractivity contribution is 0.0696. The number of aromatic carboxylic acids is 1. The Balaban J connectivity index is 1.68. The molecule has 1 heterocycles. The van der Waals surface area contributed by atoms with Crippen molar-refractivity contribution in [2.75, 3.05) is 0 Å². The van der Waals surface area contributed by atoms with E-state index >= 15 is 0 Å². The predicted molar refractivity (Wildman–Crippen MR) is 106 cm³/mol. The number of carboxylic acid groups (broad SMARTS) is 1. The summed E-state index contributed by atoms with van der Waals surface area (Å²) in [5.74, 6) is -0.0613. The second-order valence-corrected chi connectivity index (χ2v) is 6.50. The predicted octanol–water partition coefficient (Wildman–Crippen LogP) is 3.77. The minimum Gasteiger partial charge on any atom is -0.507 e. The summed E-state index contributed by atoms with van der Waals surface area (Å²) < 4.78 is 7.63. The highest BCUT2D eigenvalue weighted by molar-refractivity contribution is 5.88. The lowest BCUT2D eigenvalue weighted by Crippen LogP contribution is -2.09. The lowest BCUT2D eigenvalue weighted by Gasteiger charge is -2.13. The van der Waals surface area contributed by atoms with Gasteiger partial charge in [0, 0.05) is 0 Å². The Labute approximate surface area is 166 Å². The molecule has 7 nitrogen and oxygen atoms in total. The van der Waals surface area contributed by atoms with Crippen LogP contribution in [0.5, 0.6) is 17.2 Å². The van der Waals surface area contributed by atoms with Crippen molar-refractivity contribution in [3.63, 3.8) is 0 Å². The molecule has 4 aromatic rings. The summed E-state index contributed by atoms with van der Waals surface area (Å²) in [6.07, 6.45) is 0. The molecule has 0 atom stereocenters. The highest BCUT2D eigenvalue weighted by Crippen LogP contribution is 2.29. The standard InChI is InChI=1S/C22H18N2O5/c25-19-9-4-10-20(26)16(19)12-24-18-8-2-1-7-17(18)23-21(24)13-29-15-6-3-5-14(11-15)22(27)28/h1-11,25-26H,12-13H2,(H,27,28). The van der Waals surface area contributed by atoms with Crippen LogP contribution in [0.15, 0.2) is 66.7 Å². The summed E-state index contributed by atoms with van der Waals surface area (Å²) in [7, 11) is 0. The number of carboxylic acids is 1. The molecule has 146 valence electrons. The second-order valence-electron chi connectivity index (χ2n) is 6.50. The molecule has 0 aliphatic heterocycles. The molecule has 0 saturated heterocycles. The van der Waals surface area contributed by atoms with Gasteiger partial charge in [-0.25, -0.2) is 9.78 Å². The summed E-state index contributed by atoms with van der Waals surface area (Å²) in [5, 5.41) is 29.5. The molecule has 0 saturated carbocycles. The first kappa shape index (κ1) is 18.4. The SMILES string of the molecule is O=C(O)c1cccc(OCc2nc3ccccc3n2Cc2c(O)cccc2O)c1. The third-order valence-electron chi connectivity index (χ3n) is 4.63. The van der Waals surface area contributed by atoms with E-state index in [1.807, 2.05) is 28.8 Å². The van der Waals surface area contributed by atoms with E-state index in [-0.39, 0.29) is 30.2 Å². The Morgan fingerprint density at radius 3 is 2.45 bits per heavy atom. The van der Waals surface area contributed by atoms with Gasteiger partial charge in [0.05, 0.1) is 28.7 Å². The summed E-state index contributed by atoms with van der Waals surface area (Å²) in [4.78, 5) is 15.7. The topological polar surface area (TPSA) is 105 Å². The normalized spacial score (nSPS) is 10.9. The van der Waals surface area contributed by atoms with Crippen molar-refractivity contribution < 1.29 is 24.9 Å². The number of aromatic hydroxyl groups is 2. The number of rotatable bonds is 6. The van der Waals surface area contributed by atoms with Gasteiger partial charge in [0.1, 0.15) is 29.7 Å². The molecule has 29 heavy (non-hydrogen) atoms. The van der Waals surface area contributed by atoms with Crippen LogP contribution in [-0.4, -0.2) is 30.8 Å². The third kappa shape index (κ3) is 3.70. The van der Waals surface area contributed by atoms with Gasteiger partial charge >= 0.3 is 5.97 Å². The van der Waals surface area contributed by atoms with Crippen LogP contribution in [0.25, 0.3) is 11.0 Å². The fourth-order valence-electron chi connectivity index (χ4n) is 3.16. The highest BCUT2D eigenvalue weighted by Gasteiger charge is 2.15. The van der Waals surface area contributed by atoms with Crippen LogP contribution in [0.2, 0.25) is 0 Å². The molecule has 0 spiro atoms. The third-order valence-corrected chi connectivity index (χ3v) is 4.63. The van der Waals surface area contributed by atoms with E-state index in [0.717, 1.165) is 11.0 Å². The number of aromatic nitrogens is 2. The number of phenols is 2. The summed E-state index contributed by atoms with van der Waals surface area (Å²) in [5.41, 5.74) is 2.09. The van der Waals surface area contributed by atoms with E-state index in [1.165, 1.54) is 24.3 Å². The average Bonchev–Trinajstić information content (AvgIpc) is 3.07. The molecule has 0 unspecified atom stereocenters. The first-order valence-corrected chi connectivity index (χ1v) is 8.93. The zero-order valence-electron chi connectivity index (χ0n) is 15.3. The van der Waals surface area contributed by atoms with Crippen molar-refractivity contribution in [1.29, 1.82) is 0 Å². The van der Waals surface area contributed by atoms with Crippen LogP contribution >= 0.6 is 0 Å². The molecule has 0 amide bonds. The quantitative estimate of drug-likeness (QED) is 0.463. The number of ether oxygens (including phenoxy) is 1. The van der Waals surface area contributed by atoms with Gasteiger partial charge in [-0.05, 0) is 42.5 Å². The van der Waals surface area contributed by atoms with Crippen molar-refractivity contribution in [2.45, 2.75) is 13.2 Å². The smallest absolute Gasteiger partial charge is 0.335 e. The number of phenolic OH excluding ortho intramolecular Hbond substituents is 2. The van der Waals surface area contributed by atoms with Gasteiger partial charge in [0.15, 0.2) is 0 Å².